The summed E-state index contributed by atoms with van der Waals surface area (Å²) in [6.07, 6.45) is 4.79. The van der Waals surface area contributed by atoms with Crippen molar-refractivity contribution in [1.29, 1.82) is 0 Å². The van der Waals surface area contributed by atoms with Crippen LogP contribution in [0, 0.1) is 0 Å². The van der Waals surface area contributed by atoms with Crippen molar-refractivity contribution in [2.45, 2.75) is 12.8 Å². The monoisotopic (exact) mass is 374 g/mol. The van der Waals surface area contributed by atoms with Crippen molar-refractivity contribution in [3.63, 3.8) is 0 Å². The summed E-state index contributed by atoms with van der Waals surface area (Å²) in [5.41, 5.74) is 9.20. The van der Waals surface area contributed by atoms with E-state index < -0.39 is 0 Å². The van der Waals surface area contributed by atoms with Crippen molar-refractivity contribution in [3.8, 4) is 0 Å². The Bertz CT molecular complexity index is 940. The van der Waals surface area contributed by atoms with E-state index in [2.05, 4.69) is 15.6 Å². The van der Waals surface area contributed by atoms with E-state index in [4.69, 9.17) is 5.73 Å². The third-order valence-electron chi connectivity index (χ3n) is 4.28. The molecule has 0 aliphatic heterocycles. The highest BCUT2D eigenvalue weighted by Gasteiger charge is 2.08. The molecule has 0 aliphatic carbocycles. The number of nitrogen functional groups attached to an aromatic ring is 1. The van der Waals surface area contributed by atoms with Gasteiger partial charge >= 0.3 is 0 Å². The first-order valence-electron chi connectivity index (χ1n) is 9.06. The fourth-order valence-corrected chi connectivity index (χ4v) is 2.72. The Hall–Kier alpha value is -3.67. The number of rotatable bonds is 7. The molecule has 0 atom stereocenters. The van der Waals surface area contributed by atoms with Gasteiger partial charge < -0.3 is 16.4 Å². The van der Waals surface area contributed by atoms with E-state index in [-0.39, 0.29) is 11.8 Å². The molecule has 0 aliphatic rings. The molecular weight excluding hydrogens is 352 g/mol. The summed E-state index contributed by atoms with van der Waals surface area (Å²) in [6.45, 7) is 0.573. The lowest BCUT2D eigenvalue weighted by Gasteiger charge is -2.09. The van der Waals surface area contributed by atoms with Crippen LogP contribution in [0.1, 0.15) is 32.7 Å². The Balaban J connectivity index is 1.46. The van der Waals surface area contributed by atoms with Crippen LogP contribution in [0.2, 0.25) is 0 Å². The minimum atomic E-state index is -0.201. The van der Waals surface area contributed by atoms with Gasteiger partial charge in [-0.25, -0.2) is 0 Å². The number of nitrogens with one attached hydrogen (secondary N) is 2. The van der Waals surface area contributed by atoms with Crippen molar-refractivity contribution in [2.75, 3.05) is 17.6 Å². The zero-order valence-corrected chi connectivity index (χ0v) is 15.4. The average Bonchev–Trinajstić information content (AvgIpc) is 2.73. The van der Waals surface area contributed by atoms with Gasteiger partial charge in [-0.15, -0.1) is 0 Å². The van der Waals surface area contributed by atoms with Crippen molar-refractivity contribution in [3.05, 3.63) is 89.7 Å². The van der Waals surface area contributed by atoms with Crippen LogP contribution >= 0.6 is 0 Å². The molecule has 6 heteroatoms. The van der Waals surface area contributed by atoms with Gasteiger partial charge in [-0.1, -0.05) is 24.3 Å². The van der Waals surface area contributed by atoms with E-state index in [1.54, 1.807) is 48.8 Å². The topological polar surface area (TPSA) is 97.1 Å². The van der Waals surface area contributed by atoms with Gasteiger partial charge in [-0.3, -0.25) is 14.6 Å². The summed E-state index contributed by atoms with van der Waals surface area (Å²) in [7, 11) is 0. The second-order valence-electron chi connectivity index (χ2n) is 6.34. The van der Waals surface area contributed by atoms with E-state index in [1.165, 1.54) is 0 Å². The smallest absolute Gasteiger partial charge is 0.255 e. The van der Waals surface area contributed by atoms with Crippen LogP contribution in [0.4, 0.5) is 11.4 Å². The van der Waals surface area contributed by atoms with Crippen LogP contribution in [0.25, 0.3) is 0 Å². The van der Waals surface area contributed by atoms with Gasteiger partial charge in [0.2, 0.25) is 0 Å². The Morgan fingerprint density at radius 1 is 0.893 bits per heavy atom. The number of pyridine rings is 1. The van der Waals surface area contributed by atoms with E-state index >= 15 is 0 Å². The number of amides is 2. The zero-order chi connectivity index (χ0) is 19.8. The summed E-state index contributed by atoms with van der Waals surface area (Å²) in [5, 5.41) is 5.69. The molecule has 28 heavy (non-hydrogen) atoms. The van der Waals surface area contributed by atoms with Crippen LogP contribution in [-0.2, 0) is 6.42 Å². The number of aromatic nitrogens is 1. The summed E-state index contributed by atoms with van der Waals surface area (Å²) in [4.78, 5) is 28.2. The number of carbonyl (C=O) groups is 2. The molecule has 0 unspecified atom stereocenters. The highest BCUT2D eigenvalue weighted by molar-refractivity contribution is 6.05. The average molecular weight is 374 g/mol. The van der Waals surface area contributed by atoms with Crippen LogP contribution in [-0.4, -0.2) is 23.3 Å². The maximum Gasteiger partial charge on any atom is 0.255 e. The number of nitrogens with zero attached hydrogens (tertiary/aromatic N) is 1. The van der Waals surface area contributed by atoms with Crippen molar-refractivity contribution in [1.82, 2.24) is 10.3 Å². The van der Waals surface area contributed by atoms with E-state index in [1.807, 2.05) is 24.3 Å². The quantitative estimate of drug-likeness (QED) is 0.437. The lowest BCUT2D eigenvalue weighted by atomic mass is 10.1. The third kappa shape index (κ3) is 5.17. The highest BCUT2D eigenvalue weighted by atomic mass is 16.2. The van der Waals surface area contributed by atoms with Gasteiger partial charge in [-0.05, 0) is 54.8 Å². The molecule has 1 heterocycles. The maximum absolute atomic E-state index is 12.3. The normalized spacial score (nSPS) is 10.3. The first-order chi connectivity index (χ1) is 13.6. The maximum atomic E-state index is 12.3. The number of aryl methyl sites for hydroxylation is 1. The molecule has 0 saturated carbocycles. The molecule has 0 saturated heterocycles. The Labute approximate surface area is 163 Å². The van der Waals surface area contributed by atoms with Crippen molar-refractivity contribution >= 4 is 23.2 Å². The summed E-state index contributed by atoms with van der Waals surface area (Å²) < 4.78 is 0. The molecule has 142 valence electrons. The minimum absolute atomic E-state index is 0.125. The number of carbonyl (C=O) groups excluding carboxylic acids is 2. The lowest BCUT2D eigenvalue weighted by Crippen LogP contribution is -2.24. The summed E-state index contributed by atoms with van der Waals surface area (Å²) >= 11 is 0. The zero-order valence-electron chi connectivity index (χ0n) is 15.4. The first kappa shape index (κ1) is 19.1. The molecule has 0 bridgehead atoms. The summed E-state index contributed by atoms with van der Waals surface area (Å²) in [6, 6.07) is 18.0. The predicted octanol–water partition coefficient (Wildman–Crippen LogP) is 3.28. The van der Waals surface area contributed by atoms with E-state index in [0.717, 1.165) is 18.4 Å². The second-order valence-corrected chi connectivity index (χ2v) is 6.34. The van der Waals surface area contributed by atoms with E-state index in [9.17, 15) is 9.59 Å². The van der Waals surface area contributed by atoms with Crippen molar-refractivity contribution in [2.24, 2.45) is 0 Å². The Kier molecular flexibility index (Phi) is 6.36. The molecule has 2 aromatic carbocycles. The van der Waals surface area contributed by atoms with Gasteiger partial charge in [0, 0.05) is 24.5 Å². The van der Waals surface area contributed by atoms with Crippen molar-refractivity contribution < 1.29 is 9.59 Å². The van der Waals surface area contributed by atoms with Gasteiger partial charge in [0.25, 0.3) is 11.8 Å². The molecule has 0 spiro atoms. The molecule has 0 radical (unpaired) electrons. The number of anilines is 2. The molecule has 3 aromatic rings. The highest BCUT2D eigenvalue weighted by Crippen LogP contribution is 2.18. The third-order valence-corrected chi connectivity index (χ3v) is 4.28. The SMILES string of the molecule is Nc1ccccc1NC(=O)c1ccc(CCCNC(=O)c2cccnc2)cc1. The summed E-state index contributed by atoms with van der Waals surface area (Å²) in [5.74, 6) is -0.325. The standard InChI is InChI=1S/C22H22N4O2/c23-19-7-1-2-8-20(19)26-22(28)17-11-9-16(10-12-17)5-3-14-25-21(27)18-6-4-13-24-15-18/h1-2,4,6-13,15H,3,5,14,23H2,(H,25,27)(H,26,28). The predicted molar refractivity (Wildman–Crippen MR) is 110 cm³/mol. The van der Waals surface area contributed by atoms with Gasteiger partial charge in [0.1, 0.15) is 0 Å². The second kappa shape index (κ2) is 9.32. The molecule has 1 aromatic heterocycles. The fourth-order valence-electron chi connectivity index (χ4n) is 2.72. The van der Waals surface area contributed by atoms with Crippen LogP contribution in [0.15, 0.2) is 73.1 Å². The number of para-hydroxylation sites is 2. The number of hydrogen-bond acceptors (Lipinski definition) is 4. The fraction of sp³-hybridized carbons (Fsp3) is 0.136. The number of benzene rings is 2. The molecule has 4 N–H and O–H groups in total. The minimum Gasteiger partial charge on any atom is -0.397 e. The molecule has 0 fully saturated rings. The van der Waals surface area contributed by atoms with E-state index in [0.29, 0.717) is 29.0 Å². The number of nitrogens with two attached hydrogens (primary N) is 1. The van der Waals surface area contributed by atoms with Gasteiger partial charge in [0.05, 0.1) is 16.9 Å². The van der Waals surface area contributed by atoms with Crippen LogP contribution < -0.4 is 16.4 Å². The molecular formula is C22H22N4O2. The van der Waals surface area contributed by atoms with Crippen LogP contribution in [0.5, 0.6) is 0 Å². The molecule has 3 rings (SSSR count). The first-order valence-corrected chi connectivity index (χ1v) is 9.06. The number of hydrogen-bond donors (Lipinski definition) is 3. The largest absolute Gasteiger partial charge is 0.397 e. The van der Waals surface area contributed by atoms with Gasteiger partial charge in [0.15, 0.2) is 0 Å². The molecule has 6 nitrogen and oxygen atoms in total. The lowest BCUT2D eigenvalue weighted by molar-refractivity contribution is 0.0952. The Morgan fingerprint density at radius 3 is 2.39 bits per heavy atom. The van der Waals surface area contributed by atoms with Crippen LogP contribution in [0.3, 0.4) is 0 Å². The van der Waals surface area contributed by atoms with Gasteiger partial charge in [-0.2, -0.15) is 0 Å². The Morgan fingerprint density at radius 2 is 1.68 bits per heavy atom. The molecule has 2 amide bonds.